The molecule has 2 heterocycles. The molecule has 146 valence electrons. The van der Waals surface area contributed by atoms with E-state index in [2.05, 4.69) is 71.5 Å². The lowest BCUT2D eigenvalue weighted by molar-refractivity contribution is -0.0635. The van der Waals surface area contributed by atoms with E-state index in [9.17, 15) is 0 Å². The molecule has 0 aliphatic carbocycles. The van der Waals surface area contributed by atoms with Gasteiger partial charge in [-0.15, -0.1) is 6.42 Å². The predicted molar refractivity (Wildman–Crippen MR) is 115 cm³/mol. The zero-order valence-electron chi connectivity index (χ0n) is 16.7. The molecule has 2 nitrogen and oxygen atoms in total. The first-order valence-corrected chi connectivity index (χ1v) is 10.8. The number of benzene rings is 2. The second kappa shape index (κ2) is 9.41. The van der Waals surface area contributed by atoms with E-state index >= 15 is 0 Å². The Kier molecular flexibility index (Phi) is 6.47. The van der Waals surface area contributed by atoms with Crippen LogP contribution in [0.2, 0.25) is 0 Å². The number of hydrogen-bond donors (Lipinski definition) is 0. The number of nitrogens with zero attached hydrogens (tertiary/aromatic N) is 1. The molecular weight excluding hydrogens is 342 g/mol. The van der Waals surface area contributed by atoms with E-state index < -0.39 is 0 Å². The molecule has 2 aromatic rings. The van der Waals surface area contributed by atoms with Crippen LogP contribution in [0.4, 0.5) is 0 Å². The number of aryl methyl sites for hydroxylation is 1. The highest BCUT2D eigenvalue weighted by Crippen LogP contribution is 2.39. The minimum Gasteiger partial charge on any atom is -0.370 e. The summed E-state index contributed by atoms with van der Waals surface area (Å²) in [5.74, 6) is 2.85. The van der Waals surface area contributed by atoms with Crippen molar-refractivity contribution in [2.45, 2.75) is 69.2 Å². The maximum Gasteiger partial charge on any atom is 0.0828 e. The Morgan fingerprint density at radius 1 is 0.964 bits per heavy atom. The second-order valence-corrected chi connectivity index (χ2v) is 8.27. The SMILES string of the molecule is C#CCN1[C@@H]2CC[C@H]1CC(OC(CCCc1ccccc1)c1ccccc1)C2. The lowest BCUT2D eigenvalue weighted by Crippen LogP contribution is -2.45. The van der Waals surface area contributed by atoms with Crippen LogP contribution in [-0.2, 0) is 11.2 Å². The minimum absolute atomic E-state index is 0.188. The maximum atomic E-state index is 6.74. The Labute approximate surface area is 169 Å². The van der Waals surface area contributed by atoms with Gasteiger partial charge in [0, 0.05) is 12.1 Å². The van der Waals surface area contributed by atoms with Crippen LogP contribution >= 0.6 is 0 Å². The van der Waals surface area contributed by atoms with E-state index in [1.165, 1.54) is 24.0 Å². The third-order valence-electron chi connectivity index (χ3n) is 6.42. The highest BCUT2D eigenvalue weighted by atomic mass is 16.5. The molecule has 0 amide bonds. The normalized spacial score (nSPS) is 25.3. The Hall–Kier alpha value is -2.08. The van der Waals surface area contributed by atoms with Gasteiger partial charge in [0.1, 0.15) is 0 Å². The summed E-state index contributed by atoms with van der Waals surface area (Å²) in [6, 6.07) is 22.8. The third-order valence-corrected chi connectivity index (χ3v) is 6.42. The van der Waals surface area contributed by atoms with Crippen molar-refractivity contribution in [3.05, 3.63) is 71.8 Å². The molecule has 2 bridgehead atoms. The third kappa shape index (κ3) is 4.66. The highest BCUT2D eigenvalue weighted by Gasteiger charge is 2.41. The van der Waals surface area contributed by atoms with Gasteiger partial charge in [0.15, 0.2) is 0 Å². The van der Waals surface area contributed by atoms with Crippen LogP contribution in [0.1, 0.15) is 55.8 Å². The molecule has 2 aliphatic heterocycles. The van der Waals surface area contributed by atoms with Crippen molar-refractivity contribution < 1.29 is 4.74 Å². The fourth-order valence-electron chi connectivity index (χ4n) is 5.05. The van der Waals surface area contributed by atoms with Gasteiger partial charge in [-0.2, -0.15) is 0 Å². The maximum absolute atomic E-state index is 6.74. The Bertz CT molecular complexity index is 752. The van der Waals surface area contributed by atoms with Gasteiger partial charge in [0.05, 0.1) is 18.8 Å². The minimum atomic E-state index is 0.188. The lowest BCUT2D eigenvalue weighted by Gasteiger charge is -2.39. The fraction of sp³-hybridized carbons (Fsp3) is 0.462. The molecule has 4 rings (SSSR count). The van der Waals surface area contributed by atoms with Crippen LogP contribution in [0.3, 0.4) is 0 Å². The highest BCUT2D eigenvalue weighted by molar-refractivity contribution is 5.18. The van der Waals surface area contributed by atoms with Crippen LogP contribution < -0.4 is 0 Å². The van der Waals surface area contributed by atoms with Gasteiger partial charge >= 0.3 is 0 Å². The zero-order valence-corrected chi connectivity index (χ0v) is 16.7. The summed E-state index contributed by atoms with van der Waals surface area (Å²) in [5, 5.41) is 0. The average molecular weight is 374 g/mol. The summed E-state index contributed by atoms with van der Waals surface area (Å²) >= 11 is 0. The van der Waals surface area contributed by atoms with Crippen LogP contribution in [0.5, 0.6) is 0 Å². The topological polar surface area (TPSA) is 12.5 Å². The monoisotopic (exact) mass is 373 g/mol. The predicted octanol–water partition coefficient (Wildman–Crippen LogP) is 5.40. The molecule has 0 aromatic heterocycles. The van der Waals surface area contributed by atoms with E-state index in [1.54, 1.807) is 0 Å². The van der Waals surface area contributed by atoms with E-state index in [-0.39, 0.29) is 6.10 Å². The van der Waals surface area contributed by atoms with Crippen molar-refractivity contribution >= 4 is 0 Å². The number of terminal acetylenes is 1. The van der Waals surface area contributed by atoms with Gasteiger partial charge in [0.25, 0.3) is 0 Å². The van der Waals surface area contributed by atoms with Crippen molar-refractivity contribution in [2.24, 2.45) is 0 Å². The summed E-state index contributed by atoms with van der Waals surface area (Å²) in [7, 11) is 0. The van der Waals surface area contributed by atoms with Gasteiger partial charge < -0.3 is 4.74 Å². The van der Waals surface area contributed by atoms with E-state index in [0.717, 1.165) is 38.6 Å². The molecule has 2 fully saturated rings. The van der Waals surface area contributed by atoms with Crippen LogP contribution in [0.25, 0.3) is 0 Å². The lowest BCUT2D eigenvalue weighted by atomic mass is 9.97. The fourth-order valence-corrected chi connectivity index (χ4v) is 5.05. The number of hydrogen-bond acceptors (Lipinski definition) is 2. The molecule has 2 heteroatoms. The van der Waals surface area contributed by atoms with Gasteiger partial charge in [0.2, 0.25) is 0 Å². The molecule has 0 saturated carbocycles. The number of piperidine rings is 1. The van der Waals surface area contributed by atoms with Gasteiger partial charge in [-0.05, 0) is 56.1 Å². The van der Waals surface area contributed by atoms with Crippen molar-refractivity contribution in [2.75, 3.05) is 6.54 Å². The van der Waals surface area contributed by atoms with E-state index in [1.807, 2.05) is 0 Å². The summed E-state index contributed by atoms with van der Waals surface area (Å²) in [6.45, 7) is 0.793. The molecular formula is C26H31NO. The quantitative estimate of drug-likeness (QED) is 0.575. The number of rotatable bonds is 8. The van der Waals surface area contributed by atoms with Crippen molar-refractivity contribution in [3.8, 4) is 12.3 Å². The molecule has 2 saturated heterocycles. The largest absolute Gasteiger partial charge is 0.370 e. The smallest absolute Gasteiger partial charge is 0.0828 e. The van der Waals surface area contributed by atoms with Crippen LogP contribution in [0, 0.1) is 12.3 Å². The summed E-state index contributed by atoms with van der Waals surface area (Å²) in [5.41, 5.74) is 2.73. The van der Waals surface area contributed by atoms with Crippen LogP contribution in [-0.4, -0.2) is 29.6 Å². The first-order valence-electron chi connectivity index (χ1n) is 10.8. The first-order chi connectivity index (χ1) is 13.8. The van der Waals surface area contributed by atoms with Gasteiger partial charge in [-0.1, -0.05) is 66.6 Å². The summed E-state index contributed by atoms with van der Waals surface area (Å²) in [4.78, 5) is 2.53. The van der Waals surface area contributed by atoms with Crippen molar-refractivity contribution in [1.29, 1.82) is 0 Å². The van der Waals surface area contributed by atoms with Crippen molar-refractivity contribution in [1.82, 2.24) is 4.90 Å². The molecule has 4 atom stereocenters. The average Bonchev–Trinajstić information content (AvgIpc) is 2.97. The second-order valence-electron chi connectivity index (χ2n) is 8.27. The standard InChI is InChI=1S/C26H31NO/c1-2-18-27-23-16-17-24(27)20-25(19-23)28-26(22-13-7-4-8-14-22)15-9-12-21-10-5-3-6-11-21/h1,3-8,10-11,13-14,23-26H,9,12,15-20H2/t23-,24+,25?,26?. The Morgan fingerprint density at radius 2 is 1.61 bits per heavy atom. The zero-order chi connectivity index (χ0) is 19.2. The number of ether oxygens (including phenoxy) is 1. The summed E-state index contributed by atoms with van der Waals surface area (Å²) < 4.78 is 6.74. The Morgan fingerprint density at radius 3 is 2.25 bits per heavy atom. The number of fused-ring (bicyclic) bond motifs is 2. The molecule has 0 radical (unpaired) electrons. The molecule has 28 heavy (non-hydrogen) atoms. The van der Waals surface area contributed by atoms with E-state index in [4.69, 9.17) is 11.2 Å². The van der Waals surface area contributed by atoms with E-state index in [0.29, 0.717) is 18.2 Å². The van der Waals surface area contributed by atoms with Gasteiger partial charge in [-0.25, -0.2) is 0 Å². The molecule has 2 unspecified atom stereocenters. The molecule has 2 aliphatic rings. The Balaban J connectivity index is 1.38. The van der Waals surface area contributed by atoms with Gasteiger partial charge in [-0.3, -0.25) is 4.90 Å². The molecule has 0 spiro atoms. The molecule has 0 N–H and O–H groups in total. The summed E-state index contributed by atoms with van der Waals surface area (Å²) in [6.07, 6.45) is 14.2. The van der Waals surface area contributed by atoms with Crippen molar-refractivity contribution in [3.63, 3.8) is 0 Å². The first kappa shape index (κ1) is 19.2. The van der Waals surface area contributed by atoms with Crippen LogP contribution in [0.15, 0.2) is 60.7 Å². The molecule has 2 aromatic carbocycles.